The topological polar surface area (TPSA) is 54.3 Å². The highest BCUT2D eigenvalue weighted by atomic mass is 79.9. The summed E-state index contributed by atoms with van der Waals surface area (Å²) in [4.78, 5) is 17.8. The molecule has 2 fully saturated rings. The molecule has 0 N–H and O–H groups in total. The van der Waals surface area contributed by atoms with Crippen molar-refractivity contribution in [3.8, 4) is 5.69 Å². The standard InChI is InChI=1S/C21H28BrN5O/c1-21(2,3)26-12-4-11-25(13-14-26)20(28)18-19(15-5-6-15)27(24-23-18)17-9-7-16(22)8-10-17/h7-10,15H,4-6,11-14H2,1-3H3. The van der Waals surface area contributed by atoms with Gasteiger partial charge in [-0.3, -0.25) is 9.69 Å². The Labute approximate surface area is 175 Å². The molecule has 150 valence electrons. The normalized spacial score (nSPS) is 18.9. The number of benzene rings is 1. The van der Waals surface area contributed by atoms with Crippen molar-refractivity contribution in [3.63, 3.8) is 0 Å². The Bertz CT molecular complexity index is 851. The van der Waals surface area contributed by atoms with Crippen molar-refractivity contribution in [2.24, 2.45) is 0 Å². The van der Waals surface area contributed by atoms with Crippen LogP contribution in [0.4, 0.5) is 0 Å². The van der Waals surface area contributed by atoms with Crippen molar-refractivity contribution in [3.05, 3.63) is 40.1 Å². The Balaban J connectivity index is 1.59. The van der Waals surface area contributed by atoms with Crippen molar-refractivity contribution in [1.29, 1.82) is 0 Å². The smallest absolute Gasteiger partial charge is 0.276 e. The van der Waals surface area contributed by atoms with Gasteiger partial charge in [0.1, 0.15) is 0 Å². The fraction of sp³-hybridized carbons (Fsp3) is 0.571. The zero-order chi connectivity index (χ0) is 19.9. The van der Waals surface area contributed by atoms with Crippen LogP contribution in [-0.4, -0.2) is 62.4 Å². The Morgan fingerprint density at radius 1 is 1.07 bits per heavy atom. The first-order valence-corrected chi connectivity index (χ1v) is 10.9. The summed E-state index contributed by atoms with van der Waals surface area (Å²) >= 11 is 3.47. The van der Waals surface area contributed by atoms with Crippen LogP contribution in [-0.2, 0) is 0 Å². The summed E-state index contributed by atoms with van der Waals surface area (Å²) in [6.07, 6.45) is 3.19. The van der Waals surface area contributed by atoms with Gasteiger partial charge in [0.05, 0.1) is 11.4 Å². The predicted molar refractivity (Wildman–Crippen MR) is 113 cm³/mol. The van der Waals surface area contributed by atoms with E-state index in [0.717, 1.165) is 61.3 Å². The minimum Gasteiger partial charge on any atom is -0.336 e. The van der Waals surface area contributed by atoms with Gasteiger partial charge in [0, 0.05) is 42.1 Å². The van der Waals surface area contributed by atoms with Gasteiger partial charge in [-0.05, 0) is 64.3 Å². The molecule has 1 aliphatic carbocycles. The molecule has 1 aromatic heterocycles. The van der Waals surface area contributed by atoms with Crippen molar-refractivity contribution < 1.29 is 4.79 Å². The van der Waals surface area contributed by atoms with E-state index >= 15 is 0 Å². The number of carbonyl (C=O) groups is 1. The lowest BCUT2D eigenvalue weighted by Crippen LogP contribution is -2.44. The average molecular weight is 446 g/mol. The summed E-state index contributed by atoms with van der Waals surface area (Å²) in [5.74, 6) is 0.414. The number of hydrogen-bond acceptors (Lipinski definition) is 4. The van der Waals surface area contributed by atoms with E-state index < -0.39 is 0 Å². The number of carbonyl (C=O) groups excluding carboxylic acids is 1. The van der Waals surface area contributed by atoms with Crippen LogP contribution in [0.15, 0.2) is 28.7 Å². The second kappa shape index (κ2) is 7.59. The van der Waals surface area contributed by atoms with E-state index in [0.29, 0.717) is 11.6 Å². The van der Waals surface area contributed by atoms with Gasteiger partial charge in [0.15, 0.2) is 5.69 Å². The van der Waals surface area contributed by atoms with Gasteiger partial charge < -0.3 is 4.90 Å². The first-order chi connectivity index (χ1) is 13.3. The van der Waals surface area contributed by atoms with Crippen molar-refractivity contribution >= 4 is 21.8 Å². The molecule has 1 aromatic carbocycles. The summed E-state index contributed by atoms with van der Waals surface area (Å²) in [7, 11) is 0. The van der Waals surface area contributed by atoms with Gasteiger partial charge >= 0.3 is 0 Å². The summed E-state index contributed by atoms with van der Waals surface area (Å²) in [6.45, 7) is 10.1. The van der Waals surface area contributed by atoms with Crippen LogP contribution in [0.5, 0.6) is 0 Å². The number of hydrogen-bond donors (Lipinski definition) is 0. The molecule has 1 saturated heterocycles. The van der Waals surface area contributed by atoms with Crippen LogP contribution in [0.2, 0.25) is 0 Å². The number of rotatable bonds is 3. The van der Waals surface area contributed by atoms with E-state index in [-0.39, 0.29) is 11.4 Å². The van der Waals surface area contributed by atoms with Crippen LogP contribution in [0, 0.1) is 0 Å². The van der Waals surface area contributed by atoms with Crippen molar-refractivity contribution in [2.75, 3.05) is 26.2 Å². The molecule has 0 unspecified atom stereocenters. The van der Waals surface area contributed by atoms with Crippen LogP contribution >= 0.6 is 15.9 Å². The van der Waals surface area contributed by atoms with Crippen LogP contribution in [0.25, 0.3) is 5.69 Å². The van der Waals surface area contributed by atoms with Gasteiger partial charge in [-0.2, -0.15) is 0 Å². The molecule has 0 atom stereocenters. The molecular formula is C21H28BrN5O. The Morgan fingerprint density at radius 2 is 1.79 bits per heavy atom. The third kappa shape index (κ3) is 4.01. The van der Waals surface area contributed by atoms with E-state index in [1.54, 1.807) is 0 Å². The number of amides is 1. The maximum Gasteiger partial charge on any atom is 0.276 e. The van der Waals surface area contributed by atoms with Gasteiger partial charge in [-0.25, -0.2) is 4.68 Å². The molecular weight excluding hydrogens is 418 g/mol. The van der Waals surface area contributed by atoms with Crippen LogP contribution in [0.1, 0.15) is 62.1 Å². The maximum absolute atomic E-state index is 13.3. The molecule has 2 heterocycles. The molecule has 0 radical (unpaired) electrons. The lowest BCUT2D eigenvalue weighted by Gasteiger charge is -2.34. The highest BCUT2D eigenvalue weighted by Crippen LogP contribution is 2.42. The van der Waals surface area contributed by atoms with E-state index in [1.165, 1.54) is 0 Å². The van der Waals surface area contributed by atoms with Gasteiger partial charge in [-0.15, -0.1) is 5.10 Å². The summed E-state index contributed by atoms with van der Waals surface area (Å²) < 4.78 is 2.88. The van der Waals surface area contributed by atoms with E-state index in [2.05, 4.69) is 51.9 Å². The minimum absolute atomic E-state index is 0.0287. The van der Waals surface area contributed by atoms with Gasteiger partial charge in [0.25, 0.3) is 5.91 Å². The first kappa shape index (κ1) is 19.6. The zero-order valence-electron chi connectivity index (χ0n) is 16.9. The van der Waals surface area contributed by atoms with Crippen LogP contribution < -0.4 is 0 Å². The second-order valence-corrected chi connectivity index (χ2v) is 9.71. The number of halogens is 1. The highest BCUT2D eigenvalue weighted by molar-refractivity contribution is 9.10. The number of aromatic nitrogens is 3. The zero-order valence-corrected chi connectivity index (χ0v) is 18.4. The Morgan fingerprint density at radius 3 is 2.43 bits per heavy atom. The molecule has 28 heavy (non-hydrogen) atoms. The molecule has 1 amide bonds. The maximum atomic E-state index is 13.3. The predicted octanol–water partition coefficient (Wildman–Crippen LogP) is 3.85. The molecule has 1 saturated carbocycles. The second-order valence-electron chi connectivity index (χ2n) is 8.79. The Kier molecular flexibility index (Phi) is 5.31. The van der Waals surface area contributed by atoms with Crippen molar-refractivity contribution in [1.82, 2.24) is 24.8 Å². The molecule has 0 spiro atoms. The van der Waals surface area contributed by atoms with E-state index in [4.69, 9.17) is 0 Å². The first-order valence-electron chi connectivity index (χ1n) is 10.1. The van der Waals surface area contributed by atoms with Crippen molar-refractivity contribution in [2.45, 2.75) is 51.5 Å². The summed E-state index contributed by atoms with van der Waals surface area (Å²) in [5, 5.41) is 8.71. The molecule has 0 bridgehead atoms. The average Bonchev–Trinajstić information content (AvgIpc) is 3.44. The monoisotopic (exact) mass is 445 g/mol. The summed E-state index contributed by atoms with van der Waals surface area (Å²) in [6, 6.07) is 7.99. The fourth-order valence-electron chi connectivity index (χ4n) is 3.88. The molecule has 2 aliphatic rings. The molecule has 6 nitrogen and oxygen atoms in total. The lowest BCUT2D eigenvalue weighted by atomic mass is 10.1. The van der Waals surface area contributed by atoms with E-state index in [9.17, 15) is 4.79 Å². The molecule has 2 aromatic rings. The Hall–Kier alpha value is -1.73. The SMILES string of the molecule is CC(C)(C)N1CCCN(C(=O)c2nnn(-c3ccc(Br)cc3)c2C2CC2)CC1. The third-order valence-corrected chi connectivity index (χ3v) is 6.20. The van der Waals surface area contributed by atoms with Crippen LogP contribution in [0.3, 0.4) is 0 Å². The molecule has 4 rings (SSSR count). The van der Waals surface area contributed by atoms with Gasteiger partial charge in [0.2, 0.25) is 0 Å². The molecule has 1 aliphatic heterocycles. The van der Waals surface area contributed by atoms with Gasteiger partial charge in [-0.1, -0.05) is 21.1 Å². The molecule has 7 heteroatoms. The van der Waals surface area contributed by atoms with E-state index in [1.807, 2.05) is 33.8 Å². The largest absolute Gasteiger partial charge is 0.336 e. The minimum atomic E-state index is 0.0287. The lowest BCUT2D eigenvalue weighted by molar-refractivity contribution is 0.0742. The summed E-state index contributed by atoms with van der Waals surface area (Å²) in [5.41, 5.74) is 2.59. The fourth-order valence-corrected chi connectivity index (χ4v) is 4.14. The third-order valence-electron chi connectivity index (χ3n) is 5.67. The quantitative estimate of drug-likeness (QED) is 0.719. The number of nitrogens with zero attached hydrogens (tertiary/aromatic N) is 5. The highest BCUT2D eigenvalue weighted by Gasteiger charge is 2.36.